The second-order valence-corrected chi connectivity index (χ2v) is 5.22. The van der Waals surface area contributed by atoms with E-state index in [1.54, 1.807) is 0 Å². The molecule has 0 atom stereocenters. The van der Waals surface area contributed by atoms with E-state index in [9.17, 15) is 0 Å². The van der Waals surface area contributed by atoms with E-state index in [1.807, 2.05) is 0 Å². The highest BCUT2D eigenvalue weighted by molar-refractivity contribution is 4.43. The predicted octanol–water partition coefficient (Wildman–Crippen LogP) is -0.124. The first-order valence-electron chi connectivity index (χ1n) is 6.56. The fraction of sp³-hybridized carbons (Fsp3) is 1.00. The topological polar surface area (TPSA) is 69.2 Å². The summed E-state index contributed by atoms with van der Waals surface area (Å²) < 4.78 is 26.9. The van der Waals surface area contributed by atoms with Crippen molar-refractivity contribution in [3.05, 3.63) is 0 Å². The Bertz CT molecular complexity index is 124. The lowest BCUT2D eigenvalue weighted by Crippen LogP contribution is -2.50. The van der Waals surface area contributed by atoms with Crippen LogP contribution in [0, 0.1) is 14.8 Å². The summed E-state index contributed by atoms with van der Waals surface area (Å²) in [5.41, 5.74) is 0. The summed E-state index contributed by atoms with van der Waals surface area (Å²) in [5.74, 6) is 0. The van der Waals surface area contributed by atoms with Gasteiger partial charge in [0.2, 0.25) is 14.8 Å². The Morgan fingerprint density at radius 1 is 0.647 bits per heavy atom. The quantitative estimate of drug-likeness (QED) is 0.586. The zero-order chi connectivity index (χ0) is 13.7. The monoisotopic (exact) mass is 313 g/mol. The molecule has 0 heterocycles. The van der Waals surface area contributed by atoms with E-state index in [2.05, 4.69) is 27.7 Å². The lowest BCUT2D eigenvalue weighted by Gasteiger charge is -2.38. The van der Waals surface area contributed by atoms with Gasteiger partial charge in [0.1, 0.15) is 0 Å². The van der Waals surface area contributed by atoms with Gasteiger partial charge in [0.05, 0.1) is 26.2 Å². The van der Waals surface area contributed by atoms with Crippen LogP contribution in [0.2, 0.25) is 0 Å². The molecular weight excluding hydrogens is 286 g/mol. The van der Waals surface area contributed by atoms with Crippen molar-refractivity contribution in [2.45, 2.75) is 53.4 Å². The Balaban J connectivity index is 0. The molecule has 0 aliphatic heterocycles. The largest absolute Gasteiger partial charge is 0.405 e. The van der Waals surface area contributed by atoms with Gasteiger partial charge in [0, 0.05) is 0 Å². The second kappa shape index (κ2) is 12.8. The van der Waals surface area contributed by atoms with Crippen LogP contribution in [0.15, 0.2) is 0 Å². The third-order valence-corrected chi connectivity index (χ3v) is 2.79. The van der Waals surface area contributed by atoms with Crippen LogP contribution in [-0.2, 0) is 0 Å². The van der Waals surface area contributed by atoms with Crippen LogP contribution in [0.3, 0.4) is 0 Å². The van der Waals surface area contributed by atoms with E-state index in [0.29, 0.717) is 0 Å². The summed E-state index contributed by atoms with van der Waals surface area (Å²) in [7, 11) is 0. The van der Waals surface area contributed by atoms with E-state index < -0.39 is 14.8 Å². The zero-order valence-corrected chi connectivity index (χ0v) is 13.3. The minimum absolute atomic E-state index is 1.33. The van der Waals surface area contributed by atoms with Crippen molar-refractivity contribution in [1.82, 2.24) is 0 Å². The smallest absolute Gasteiger partial charge is 0.216 e. The highest BCUT2D eigenvalue weighted by Crippen LogP contribution is 2.12. The molecule has 0 amide bonds. The molecule has 0 N–H and O–H groups in total. The number of rotatable bonds is 8. The van der Waals surface area contributed by atoms with Gasteiger partial charge in [-0.15, -0.1) is 0 Å². The van der Waals surface area contributed by atoms with E-state index in [4.69, 9.17) is 12.6 Å². The highest BCUT2D eigenvalue weighted by Gasteiger charge is 2.22. The lowest BCUT2D eigenvalue weighted by atomic mass is 10.2. The summed E-state index contributed by atoms with van der Waals surface area (Å²) in [6.45, 7) is 14.8. The van der Waals surface area contributed by atoms with Crippen LogP contribution in [0.4, 0.5) is 0 Å². The summed E-state index contributed by atoms with van der Waals surface area (Å²) in [5, 5.41) is 0. The van der Waals surface area contributed by atoms with Crippen molar-refractivity contribution < 1.29 is 31.9 Å². The van der Waals surface area contributed by atoms with Crippen LogP contribution in [-0.4, -0.2) is 30.7 Å². The molecule has 0 fully saturated rings. The first-order chi connectivity index (χ1) is 7.97. The Morgan fingerprint density at radius 2 is 0.824 bits per heavy atom. The van der Waals surface area contributed by atoms with Crippen LogP contribution in [0.25, 0.3) is 0 Å². The average molecular weight is 314 g/mol. The van der Waals surface area contributed by atoms with Crippen molar-refractivity contribution in [1.29, 1.82) is 0 Å². The minimum atomic E-state index is -3.65. The van der Waals surface area contributed by atoms with Gasteiger partial charge in [0.15, 0.2) is 0 Å². The van der Waals surface area contributed by atoms with Crippen molar-refractivity contribution in [3.8, 4) is 0 Å². The molecule has 0 unspecified atom stereocenters. The maximum atomic E-state index is 8.52. The van der Waals surface area contributed by atoms with Gasteiger partial charge in [0.25, 0.3) is 0 Å². The predicted molar refractivity (Wildman–Crippen MR) is 60.9 cm³/mol. The molecule has 0 aliphatic rings. The zero-order valence-electron chi connectivity index (χ0n) is 11.7. The molecule has 106 valence electrons. The van der Waals surface area contributed by atoms with E-state index in [-0.39, 0.29) is 0 Å². The molecule has 0 aliphatic carbocycles. The maximum Gasteiger partial charge on any atom is 0.216 e. The Labute approximate surface area is 112 Å². The Kier molecular flexibility index (Phi) is 14.8. The third kappa shape index (κ3) is 12.6. The molecule has 5 heteroatoms. The van der Waals surface area contributed by atoms with Gasteiger partial charge in [-0.2, -0.15) is 0 Å². The molecular formula is C12H28BrNO3. The molecule has 17 heavy (non-hydrogen) atoms. The average Bonchev–Trinajstić information content (AvgIpc) is 2.18. The molecule has 0 aromatic heterocycles. The SMILES string of the molecule is CCC[N+](CCC)(CCC)CCC.[O-][Br+2]([O-])[O-]. The number of halogens is 1. The molecule has 0 aromatic carbocycles. The fourth-order valence-electron chi connectivity index (χ4n) is 2.57. The lowest BCUT2D eigenvalue weighted by molar-refractivity contribution is -1.73. The maximum absolute atomic E-state index is 8.52. The summed E-state index contributed by atoms with van der Waals surface area (Å²) >= 11 is -3.65. The number of hydrogen-bond donors (Lipinski definition) is 0. The normalized spacial score (nSPS) is 11.3. The minimum Gasteiger partial charge on any atom is -0.405 e. The first kappa shape index (κ1) is 19.7. The molecule has 0 saturated heterocycles. The van der Waals surface area contributed by atoms with Crippen LogP contribution < -0.4 is 12.6 Å². The fourth-order valence-corrected chi connectivity index (χ4v) is 2.57. The van der Waals surface area contributed by atoms with Crippen molar-refractivity contribution in [2.24, 2.45) is 0 Å². The van der Waals surface area contributed by atoms with Crippen LogP contribution >= 0.6 is 0 Å². The summed E-state index contributed by atoms with van der Waals surface area (Å²) in [4.78, 5) is 0. The van der Waals surface area contributed by atoms with E-state index >= 15 is 0 Å². The molecule has 0 saturated carbocycles. The van der Waals surface area contributed by atoms with Gasteiger partial charge < -0.3 is 17.1 Å². The summed E-state index contributed by atoms with van der Waals surface area (Å²) in [6.07, 6.45) is 5.33. The van der Waals surface area contributed by atoms with Gasteiger partial charge in [-0.3, -0.25) is 0 Å². The van der Waals surface area contributed by atoms with Crippen LogP contribution in [0.1, 0.15) is 53.4 Å². The number of quaternary nitrogens is 1. The highest BCUT2D eigenvalue weighted by atomic mass is 80.0. The van der Waals surface area contributed by atoms with Gasteiger partial charge in [-0.25, -0.2) is 0 Å². The summed E-state index contributed by atoms with van der Waals surface area (Å²) in [6, 6.07) is 0. The van der Waals surface area contributed by atoms with Gasteiger partial charge >= 0.3 is 0 Å². The number of nitrogens with zero attached hydrogens (tertiary/aromatic N) is 1. The van der Waals surface area contributed by atoms with Crippen LogP contribution in [0.5, 0.6) is 0 Å². The van der Waals surface area contributed by atoms with Crippen molar-refractivity contribution >= 4 is 0 Å². The molecule has 0 radical (unpaired) electrons. The van der Waals surface area contributed by atoms with E-state index in [0.717, 1.165) is 0 Å². The van der Waals surface area contributed by atoms with E-state index in [1.165, 1.54) is 56.3 Å². The van der Waals surface area contributed by atoms with Gasteiger partial charge in [-0.1, -0.05) is 27.7 Å². The third-order valence-electron chi connectivity index (χ3n) is 2.79. The van der Waals surface area contributed by atoms with Crippen molar-refractivity contribution in [3.63, 3.8) is 0 Å². The molecule has 0 bridgehead atoms. The molecule has 4 nitrogen and oxygen atoms in total. The van der Waals surface area contributed by atoms with Crippen molar-refractivity contribution in [2.75, 3.05) is 26.2 Å². The Morgan fingerprint density at radius 3 is 0.941 bits per heavy atom. The van der Waals surface area contributed by atoms with Gasteiger partial charge in [-0.05, 0) is 25.7 Å². The Hall–Kier alpha value is 0.320. The number of hydrogen-bond acceptors (Lipinski definition) is 3. The molecule has 0 aromatic rings. The first-order valence-corrected chi connectivity index (χ1v) is 8.50. The standard InChI is InChI=1S/C12H28N.BrO3/c1-5-9-13(10-6-2,11-7-3)12-8-4;2-1(3)4/h5-12H2,1-4H3;/q+1;-1. The second-order valence-electron chi connectivity index (χ2n) is 4.43. The molecule has 0 spiro atoms. The molecule has 0 rings (SSSR count).